The second-order valence-electron chi connectivity index (χ2n) is 5.62. The normalized spacial score (nSPS) is 11.6. The molecular formula is C18H15ClF3N3O. The van der Waals surface area contributed by atoms with Crippen molar-refractivity contribution < 1.29 is 17.6 Å². The standard InChI is InChI=1S/C18H15ClF3N3O/c1-11-15(25-17(26-11)12-5-3-2-4-6-12)7-8-23-16-14(19)9-13(10-24-16)18(20,21)22/h2-6,9-10H,7-8H2,1H3,(H,23,24). The molecule has 3 rings (SSSR count). The van der Waals surface area contributed by atoms with Gasteiger partial charge >= 0.3 is 6.18 Å². The number of benzene rings is 1. The summed E-state index contributed by atoms with van der Waals surface area (Å²) in [5.74, 6) is 1.42. The molecule has 2 heterocycles. The minimum atomic E-state index is -4.47. The molecule has 0 unspecified atom stereocenters. The van der Waals surface area contributed by atoms with Gasteiger partial charge in [-0.3, -0.25) is 0 Å². The van der Waals surface area contributed by atoms with E-state index in [4.69, 9.17) is 16.0 Å². The Labute approximate surface area is 153 Å². The maximum Gasteiger partial charge on any atom is 0.417 e. The molecule has 1 aromatic carbocycles. The molecule has 0 bridgehead atoms. The van der Waals surface area contributed by atoms with Gasteiger partial charge in [0.1, 0.15) is 11.6 Å². The number of halogens is 4. The van der Waals surface area contributed by atoms with Gasteiger partial charge in [-0.25, -0.2) is 9.97 Å². The third kappa shape index (κ3) is 4.16. The maximum atomic E-state index is 12.6. The van der Waals surface area contributed by atoms with Gasteiger partial charge in [0.05, 0.1) is 16.3 Å². The molecular weight excluding hydrogens is 367 g/mol. The van der Waals surface area contributed by atoms with Crippen molar-refractivity contribution in [2.24, 2.45) is 0 Å². The molecule has 3 aromatic rings. The number of nitrogens with one attached hydrogen (secondary N) is 1. The zero-order chi connectivity index (χ0) is 18.7. The Bertz CT molecular complexity index is 894. The zero-order valence-corrected chi connectivity index (χ0v) is 14.5. The molecule has 0 aliphatic rings. The van der Waals surface area contributed by atoms with Crippen LogP contribution in [0.5, 0.6) is 0 Å². The van der Waals surface area contributed by atoms with Crippen molar-refractivity contribution in [3.63, 3.8) is 0 Å². The minimum Gasteiger partial charge on any atom is -0.441 e. The zero-order valence-electron chi connectivity index (χ0n) is 13.8. The van der Waals surface area contributed by atoms with Gasteiger partial charge in [0, 0.05) is 24.7 Å². The number of aryl methyl sites for hydroxylation is 1. The summed E-state index contributed by atoms with van der Waals surface area (Å²) in [5, 5.41) is 2.84. The van der Waals surface area contributed by atoms with E-state index in [9.17, 15) is 13.2 Å². The van der Waals surface area contributed by atoms with E-state index >= 15 is 0 Å². The monoisotopic (exact) mass is 381 g/mol. The van der Waals surface area contributed by atoms with Gasteiger partial charge in [-0.2, -0.15) is 13.2 Å². The van der Waals surface area contributed by atoms with Crippen molar-refractivity contribution in [3.8, 4) is 11.5 Å². The van der Waals surface area contributed by atoms with Crippen LogP contribution in [0.15, 0.2) is 47.0 Å². The number of aromatic nitrogens is 2. The van der Waals surface area contributed by atoms with E-state index in [0.29, 0.717) is 24.6 Å². The van der Waals surface area contributed by atoms with Crippen LogP contribution in [-0.2, 0) is 12.6 Å². The highest BCUT2D eigenvalue weighted by Gasteiger charge is 2.31. The first-order valence-corrected chi connectivity index (χ1v) is 8.20. The number of hydrogen-bond donors (Lipinski definition) is 1. The number of rotatable bonds is 5. The lowest BCUT2D eigenvalue weighted by Crippen LogP contribution is -2.10. The second kappa shape index (κ2) is 7.37. The van der Waals surface area contributed by atoms with Gasteiger partial charge in [0.15, 0.2) is 0 Å². The predicted molar refractivity (Wildman–Crippen MR) is 93.1 cm³/mol. The van der Waals surface area contributed by atoms with Crippen molar-refractivity contribution in [1.82, 2.24) is 9.97 Å². The van der Waals surface area contributed by atoms with E-state index in [1.165, 1.54) is 0 Å². The van der Waals surface area contributed by atoms with Crippen molar-refractivity contribution in [2.45, 2.75) is 19.5 Å². The van der Waals surface area contributed by atoms with Gasteiger partial charge in [0.2, 0.25) is 5.89 Å². The van der Waals surface area contributed by atoms with Crippen LogP contribution in [0.4, 0.5) is 19.0 Å². The lowest BCUT2D eigenvalue weighted by Gasteiger charge is -2.10. The molecule has 2 aromatic heterocycles. The summed E-state index contributed by atoms with van der Waals surface area (Å²) in [6.07, 6.45) is -3.20. The molecule has 0 aliphatic heterocycles. The highest BCUT2D eigenvalue weighted by Crippen LogP contribution is 2.32. The quantitative estimate of drug-likeness (QED) is 0.645. The van der Waals surface area contributed by atoms with Crippen LogP contribution in [0, 0.1) is 6.92 Å². The summed E-state index contributed by atoms with van der Waals surface area (Å²) in [4.78, 5) is 8.22. The summed E-state index contributed by atoms with van der Waals surface area (Å²) in [5.41, 5.74) is 0.759. The Morgan fingerprint density at radius 3 is 2.58 bits per heavy atom. The van der Waals surface area contributed by atoms with Gasteiger partial charge in [-0.1, -0.05) is 29.8 Å². The molecule has 0 saturated carbocycles. The Kier molecular flexibility index (Phi) is 5.18. The van der Waals surface area contributed by atoms with Gasteiger partial charge < -0.3 is 9.73 Å². The van der Waals surface area contributed by atoms with E-state index in [2.05, 4.69) is 15.3 Å². The Balaban J connectivity index is 1.65. The van der Waals surface area contributed by atoms with Crippen LogP contribution < -0.4 is 5.32 Å². The van der Waals surface area contributed by atoms with Crippen LogP contribution in [-0.4, -0.2) is 16.5 Å². The predicted octanol–water partition coefficient (Wildman–Crippen LogP) is 5.37. The second-order valence-corrected chi connectivity index (χ2v) is 6.02. The minimum absolute atomic E-state index is 0.0818. The van der Waals surface area contributed by atoms with Crippen LogP contribution in [0.2, 0.25) is 5.02 Å². The van der Waals surface area contributed by atoms with Crippen LogP contribution in [0.1, 0.15) is 17.0 Å². The fourth-order valence-corrected chi connectivity index (χ4v) is 2.62. The van der Waals surface area contributed by atoms with E-state index in [0.717, 1.165) is 23.5 Å². The van der Waals surface area contributed by atoms with Gasteiger partial charge in [-0.15, -0.1) is 0 Å². The first-order chi connectivity index (χ1) is 12.3. The summed E-state index contributed by atoms with van der Waals surface area (Å²) >= 11 is 5.87. The van der Waals surface area contributed by atoms with Crippen LogP contribution >= 0.6 is 11.6 Å². The van der Waals surface area contributed by atoms with Crippen molar-refractivity contribution >= 4 is 17.4 Å². The summed E-state index contributed by atoms with van der Waals surface area (Å²) < 4.78 is 43.5. The average molecular weight is 382 g/mol. The molecule has 0 aliphatic carbocycles. The number of anilines is 1. The number of oxazole rings is 1. The number of nitrogens with zero attached hydrogens (tertiary/aromatic N) is 2. The Morgan fingerprint density at radius 1 is 1.19 bits per heavy atom. The largest absolute Gasteiger partial charge is 0.441 e. The molecule has 0 fully saturated rings. The number of hydrogen-bond acceptors (Lipinski definition) is 4. The first-order valence-electron chi connectivity index (χ1n) is 7.83. The van der Waals surface area contributed by atoms with Crippen molar-refractivity contribution in [1.29, 1.82) is 0 Å². The summed E-state index contributed by atoms with van der Waals surface area (Å²) in [6, 6.07) is 10.4. The summed E-state index contributed by atoms with van der Waals surface area (Å²) in [6.45, 7) is 2.22. The van der Waals surface area contributed by atoms with E-state index in [1.54, 1.807) is 0 Å². The molecule has 136 valence electrons. The van der Waals surface area contributed by atoms with Gasteiger partial charge in [0.25, 0.3) is 0 Å². The SMILES string of the molecule is Cc1oc(-c2ccccc2)nc1CCNc1ncc(C(F)(F)F)cc1Cl. The molecule has 0 amide bonds. The van der Waals surface area contributed by atoms with Crippen LogP contribution in [0.3, 0.4) is 0 Å². The summed E-state index contributed by atoms with van der Waals surface area (Å²) in [7, 11) is 0. The molecule has 8 heteroatoms. The number of pyridine rings is 1. The van der Waals surface area contributed by atoms with Gasteiger partial charge in [-0.05, 0) is 25.1 Å². The highest BCUT2D eigenvalue weighted by molar-refractivity contribution is 6.32. The Morgan fingerprint density at radius 2 is 1.92 bits per heavy atom. The lowest BCUT2D eigenvalue weighted by molar-refractivity contribution is -0.137. The fourth-order valence-electron chi connectivity index (χ4n) is 2.39. The molecule has 0 atom stereocenters. The third-order valence-corrected chi connectivity index (χ3v) is 4.02. The fraction of sp³-hybridized carbons (Fsp3) is 0.222. The molecule has 1 N–H and O–H groups in total. The van der Waals surface area contributed by atoms with E-state index < -0.39 is 11.7 Å². The van der Waals surface area contributed by atoms with E-state index in [-0.39, 0.29) is 10.8 Å². The Hall–Kier alpha value is -2.54. The molecule has 0 saturated heterocycles. The molecule has 26 heavy (non-hydrogen) atoms. The average Bonchev–Trinajstić information content (AvgIpc) is 2.97. The number of alkyl halides is 3. The molecule has 0 spiro atoms. The first kappa shape index (κ1) is 18.3. The van der Waals surface area contributed by atoms with Crippen LogP contribution in [0.25, 0.3) is 11.5 Å². The molecule has 0 radical (unpaired) electrons. The third-order valence-electron chi connectivity index (χ3n) is 3.74. The van der Waals surface area contributed by atoms with Crippen molar-refractivity contribution in [3.05, 3.63) is 64.6 Å². The topological polar surface area (TPSA) is 51.0 Å². The van der Waals surface area contributed by atoms with Crippen molar-refractivity contribution in [2.75, 3.05) is 11.9 Å². The highest BCUT2D eigenvalue weighted by atomic mass is 35.5. The smallest absolute Gasteiger partial charge is 0.417 e. The maximum absolute atomic E-state index is 12.6. The molecule has 4 nitrogen and oxygen atoms in total. The lowest BCUT2D eigenvalue weighted by atomic mass is 10.2. The van der Waals surface area contributed by atoms with E-state index in [1.807, 2.05) is 37.3 Å².